The summed E-state index contributed by atoms with van der Waals surface area (Å²) in [5.41, 5.74) is 0.961. The Bertz CT molecular complexity index is 388. The Kier molecular flexibility index (Phi) is 8.28. The van der Waals surface area contributed by atoms with Crippen LogP contribution < -0.4 is 5.32 Å². The molecule has 2 heteroatoms. The summed E-state index contributed by atoms with van der Waals surface area (Å²) >= 11 is 0. The van der Waals surface area contributed by atoms with Gasteiger partial charge in [-0.25, -0.2) is 0 Å². The zero-order chi connectivity index (χ0) is 18.6. The Labute approximate surface area is 160 Å². The highest BCUT2D eigenvalue weighted by Crippen LogP contribution is 2.50. The van der Waals surface area contributed by atoms with Gasteiger partial charge in [0.2, 0.25) is 0 Å². The second-order valence-electron chi connectivity index (χ2n) is 10.3. The van der Waals surface area contributed by atoms with Gasteiger partial charge in [0.25, 0.3) is 0 Å². The molecule has 0 amide bonds. The summed E-state index contributed by atoms with van der Waals surface area (Å²) in [5.74, 6) is 5.49. The summed E-state index contributed by atoms with van der Waals surface area (Å²) in [6.45, 7) is 19.9. The number of hydrogen-bond acceptors (Lipinski definition) is 1. The number of piperidine rings is 1. The first-order valence-electron chi connectivity index (χ1n) is 11.2. The fourth-order valence-corrected chi connectivity index (χ4v) is 7.13. The Balaban J connectivity index is 1.98. The quantitative estimate of drug-likeness (QED) is 0.431. The van der Waals surface area contributed by atoms with E-state index >= 15 is 0 Å². The highest BCUT2D eigenvalue weighted by Gasteiger charge is 2.37. The van der Waals surface area contributed by atoms with Gasteiger partial charge in [0.1, 0.15) is 0 Å². The lowest BCUT2D eigenvalue weighted by atomic mass is 9.80. The van der Waals surface area contributed by atoms with Crippen molar-refractivity contribution in [3.8, 4) is 0 Å². The van der Waals surface area contributed by atoms with Crippen molar-refractivity contribution >= 4 is 8.58 Å². The SMILES string of the molecule is CCC(C)C(C)C(C)(C)PC1CCNCC1CC(CC1CC1)C(C)C. The molecular formula is C23H46NP. The average molecular weight is 368 g/mol. The smallest absolute Gasteiger partial charge is 0.00144 e. The summed E-state index contributed by atoms with van der Waals surface area (Å²) < 4.78 is 0. The standard InChI is InChI=1S/C23H46NP/c1-8-17(4)18(5)23(6,7)25-22-11-12-24-15-21(22)14-20(16(2)3)13-19-9-10-19/h16-22,24-25H,8-15H2,1-7H3. The summed E-state index contributed by atoms with van der Waals surface area (Å²) in [4.78, 5) is 0. The van der Waals surface area contributed by atoms with E-state index in [1.807, 2.05) is 0 Å². The van der Waals surface area contributed by atoms with Crippen molar-refractivity contribution in [2.75, 3.05) is 13.1 Å². The molecule has 1 aliphatic carbocycles. The minimum absolute atomic E-state index is 0.500. The minimum atomic E-state index is 0.500. The molecule has 6 unspecified atom stereocenters. The molecule has 0 radical (unpaired) electrons. The zero-order valence-corrected chi connectivity index (χ0v) is 19.2. The van der Waals surface area contributed by atoms with Crippen LogP contribution in [-0.2, 0) is 0 Å². The Morgan fingerprint density at radius 1 is 1.04 bits per heavy atom. The molecule has 1 saturated heterocycles. The van der Waals surface area contributed by atoms with Gasteiger partial charge >= 0.3 is 0 Å². The topological polar surface area (TPSA) is 12.0 Å². The number of nitrogens with one attached hydrogen (secondary N) is 1. The number of hydrogen-bond donors (Lipinski definition) is 1. The second-order valence-corrected chi connectivity index (χ2v) is 12.6. The van der Waals surface area contributed by atoms with E-state index in [2.05, 4.69) is 53.8 Å². The van der Waals surface area contributed by atoms with Gasteiger partial charge < -0.3 is 5.32 Å². The zero-order valence-electron chi connectivity index (χ0n) is 18.2. The number of rotatable bonds is 10. The maximum Gasteiger partial charge on any atom is -0.00144 e. The van der Waals surface area contributed by atoms with Crippen molar-refractivity contribution in [1.82, 2.24) is 5.32 Å². The molecule has 6 atom stereocenters. The van der Waals surface area contributed by atoms with E-state index in [0.29, 0.717) is 5.16 Å². The predicted molar refractivity (Wildman–Crippen MR) is 116 cm³/mol. The van der Waals surface area contributed by atoms with E-state index in [0.717, 1.165) is 49.7 Å². The third-order valence-electron chi connectivity index (χ3n) is 7.68. The van der Waals surface area contributed by atoms with Gasteiger partial charge in [0.05, 0.1) is 0 Å². The van der Waals surface area contributed by atoms with E-state index in [1.54, 1.807) is 0 Å². The third-order valence-corrected chi connectivity index (χ3v) is 10.0. The lowest BCUT2D eigenvalue weighted by Gasteiger charge is -2.43. The van der Waals surface area contributed by atoms with Crippen LogP contribution in [0.5, 0.6) is 0 Å². The highest BCUT2D eigenvalue weighted by molar-refractivity contribution is 7.40. The van der Waals surface area contributed by atoms with Crippen molar-refractivity contribution < 1.29 is 0 Å². The fourth-order valence-electron chi connectivity index (χ4n) is 4.85. The Morgan fingerprint density at radius 3 is 2.28 bits per heavy atom. The molecule has 1 heterocycles. The van der Waals surface area contributed by atoms with Crippen molar-refractivity contribution in [1.29, 1.82) is 0 Å². The van der Waals surface area contributed by atoms with Gasteiger partial charge in [-0.1, -0.05) is 67.7 Å². The highest BCUT2D eigenvalue weighted by atomic mass is 31.1. The van der Waals surface area contributed by atoms with Crippen LogP contribution >= 0.6 is 8.58 Å². The summed E-state index contributed by atoms with van der Waals surface area (Å²) in [6.07, 6.45) is 8.74. The monoisotopic (exact) mass is 367 g/mol. The van der Waals surface area contributed by atoms with E-state index in [4.69, 9.17) is 0 Å². The average Bonchev–Trinajstić information content (AvgIpc) is 3.38. The van der Waals surface area contributed by atoms with Crippen LogP contribution in [0.2, 0.25) is 0 Å². The lowest BCUT2D eigenvalue weighted by Crippen LogP contribution is -2.42. The molecule has 0 aromatic rings. The van der Waals surface area contributed by atoms with Crippen LogP contribution in [0, 0.1) is 35.5 Å². The van der Waals surface area contributed by atoms with Gasteiger partial charge in [0, 0.05) is 0 Å². The van der Waals surface area contributed by atoms with Crippen LogP contribution in [0.1, 0.15) is 87.0 Å². The van der Waals surface area contributed by atoms with E-state index in [1.165, 1.54) is 51.6 Å². The van der Waals surface area contributed by atoms with Crippen LogP contribution in [0.3, 0.4) is 0 Å². The van der Waals surface area contributed by atoms with E-state index in [9.17, 15) is 0 Å². The molecule has 1 aliphatic heterocycles. The fraction of sp³-hybridized carbons (Fsp3) is 1.00. The first kappa shape index (κ1) is 21.7. The van der Waals surface area contributed by atoms with Crippen LogP contribution in [0.4, 0.5) is 0 Å². The van der Waals surface area contributed by atoms with E-state index in [-0.39, 0.29) is 0 Å². The predicted octanol–water partition coefficient (Wildman–Crippen LogP) is 6.57. The Hall–Kier alpha value is 0.390. The first-order chi connectivity index (χ1) is 11.7. The normalized spacial score (nSPS) is 29.3. The van der Waals surface area contributed by atoms with Crippen LogP contribution in [0.25, 0.3) is 0 Å². The molecule has 0 aromatic carbocycles. The molecule has 0 aromatic heterocycles. The van der Waals surface area contributed by atoms with Crippen molar-refractivity contribution in [2.24, 2.45) is 35.5 Å². The lowest BCUT2D eigenvalue weighted by molar-refractivity contribution is 0.240. The first-order valence-corrected chi connectivity index (χ1v) is 12.3. The molecule has 0 bridgehead atoms. The van der Waals surface area contributed by atoms with Gasteiger partial charge in [0.15, 0.2) is 0 Å². The summed E-state index contributed by atoms with van der Waals surface area (Å²) in [6, 6.07) is 0. The summed E-state index contributed by atoms with van der Waals surface area (Å²) in [7, 11) is 1.13. The summed E-state index contributed by atoms with van der Waals surface area (Å²) in [5, 5.41) is 4.23. The maximum atomic E-state index is 3.73. The Morgan fingerprint density at radius 2 is 1.72 bits per heavy atom. The molecule has 148 valence electrons. The van der Waals surface area contributed by atoms with Gasteiger partial charge in [-0.3, -0.25) is 0 Å². The molecule has 1 N–H and O–H groups in total. The second kappa shape index (κ2) is 9.54. The van der Waals surface area contributed by atoms with Crippen molar-refractivity contribution in [3.63, 3.8) is 0 Å². The largest absolute Gasteiger partial charge is 0.316 e. The van der Waals surface area contributed by atoms with Crippen LogP contribution in [0.15, 0.2) is 0 Å². The van der Waals surface area contributed by atoms with Crippen molar-refractivity contribution in [3.05, 3.63) is 0 Å². The third kappa shape index (κ3) is 6.49. The van der Waals surface area contributed by atoms with Gasteiger partial charge in [-0.05, 0) is 78.7 Å². The molecule has 2 aliphatic rings. The maximum absolute atomic E-state index is 3.73. The van der Waals surface area contributed by atoms with Crippen molar-refractivity contribution in [2.45, 2.75) is 97.8 Å². The van der Waals surface area contributed by atoms with Gasteiger partial charge in [-0.15, -0.1) is 8.58 Å². The minimum Gasteiger partial charge on any atom is -0.316 e. The molecule has 25 heavy (non-hydrogen) atoms. The van der Waals surface area contributed by atoms with E-state index < -0.39 is 0 Å². The molecule has 1 saturated carbocycles. The van der Waals surface area contributed by atoms with Crippen LogP contribution in [-0.4, -0.2) is 23.9 Å². The molecule has 1 nitrogen and oxygen atoms in total. The molecule has 0 spiro atoms. The molecular weight excluding hydrogens is 321 g/mol. The molecule has 2 rings (SSSR count). The molecule has 2 fully saturated rings. The van der Waals surface area contributed by atoms with Gasteiger partial charge in [-0.2, -0.15) is 0 Å².